The number of fused-ring (bicyclic) bond motifs is 3. The largest absolute Gasteiger partial charge is 0.378 e. The molecule has 0 bridgehead atoms. The number of aromatic nitrogens is 4. The monoisotopic (exact) mass is 440 g/mol. The summed E-state index contributed by atoms with van der Waals surface area (Å²) in [6, 6.07) is 13.8. The second-order valence-electron chi connectivity index (χ2n) is 7.63. The van der Waals surface area contributed by atoms with E-state index in [0.29, 0.717) is 23.5 Å². The molecule has 2 aromatic carbocycles. The van der Waals surface area contributed by atoms with Crippen LogP contribution in [0.3, 0.4) is 0 Å². The zero-order valence-electron chi connectivity index (χ0n) is 17.8. The molecule has 31 heavy (non-hydrogen) atoms. The highest BCUT2D eigenvalue weighted by molar-refractivity contribution is 7.89. The Hall–Kier alpha value is -3.24. The molecule has 0 amide bonds. The Balaban J connectivity index is 1.63. The van der Waals surface area contributed by atoms with Crippen LogP contribution in [-0.4, -0.2) is 45.0 Å². The van der Waals surface area contributed by atoms with Gasteiger partial charge < -0.3 is 5.32 Å². The highest BCUT2D eigenvalue weighted by atomic mass is 32.2. The second kappa shape index (κ2) is 7.78. The summed E-state index contributed by atoms with van der Waals surface area (Å²) in [5.41, 5.74) is 1.36. The van der Waals surface area contributed by atoms with Crippen molar-refractivity contribution in [1.29, 1.82) is 0 Å². The number of rotatable bonds is 6. The number of para-hydroxylation sites is 1. The minimum Gasteiger partial charge on any atom is -0.378 e. The Morgan fingerprint density at radius 2 is 1.74 bits per heavy atom. The molecule has 9 nitrogen and oxygen atoms in total. The molecule has 162 valence electrons. The number of nitrogens with zero attached hydrogens (tertiary/aromatic N) is 5. The second-order valence-corrected chi connectivity index (χ2v) is 9.62. The maximum atomic E-state index is 12.6. The molecule has 2 heterocycles. The standard InChI is InChI=1S/C21H24N6O3S/c1-14(2)26(4)31(29,30)16-11-9-15(10-12-16)22-13-19-23-24-21-25(3)20(28)17-7-5-6-8-18(17)27(19)21/h5-12,14,22H,13H2,1-4H3. The van der Waals surface area contributed by atoms with E-state index in [2.05, 4.69) is 15.5 Å². The lowest BCUT2D eigenvalue weighted by atomic mass is 10.2. The highest BCUT2D eigenvalue weighted by Crippen LogP contribution is 2.20. The molecule has 0 aliphatic heterocycles. The van der Waals surface area contributed by atoms with Crippen LogP contribution in [0, 0.1) is 0 Å². The van der Waals surface area contributed by atoms with E-state index in [4.69, 9.17) is 0 Å². The average Bonchev–Trinajstić information content (AvgIpc) is 3.20. The molecule has 0 unspecified atom stereocenters. The van der Waals surface area contributed by atoms with Crippen LogP contribution >= 0.6 is 0 Å². The number of sulfonamides is 1. The topological polar surface area (TPSA) is 102 Å². The highest BCUT2D eigenvalue weighted by Gasteiger charge is 2.22. The van der Waals surface area contributed by atoms with Crippen molar-refractivity contribution < 1.29 is 8.42 Å². The number of nitrogens with one attached hydrogen (secondary N) is 1. The fourth-order valence-corrected chi connectivity index (χ4v) is 4.74. The van der Waals surface area contributed by atoms with Crippen LogP contribution in [0.5, 0.6) is 0 Å². The van der Waals surface area contributed by atoms with Crippen molar-refractivity contribution >= 4 is 32.4 Å². The molecule has 0 aliphatic carbocycles. The molecule has 0 aliphatic rings. The van der Waals surface area contributed by atoms with E-state index < -0.39 is 10.0 Å². The molecular formula is C21H24N6O3S. The molecule has 0 saturated carbocycles. The van der Waals surface area contributed by atoms with Crippen LogP contribution in [0.1, 0.15) is 19.7 Å². The minimum absolute atomic E-state index is 0.127. The van der Waals surface area contributed by atoms with Crippen molar-refractivity contribution in [2.75, 3.05) is 12.4 Å². The van der Waals surface area contributed by atoms with Crippen molar-refractivity contribution in [1.82, 2.24) is 23.5 Å². The third kappa shape index (κ3) is 3.57. The van der Waals surface area contributed by atoms with Gasteiger partial charge in [0, 0.05) is 25.8 Å². The van der Waals surface area contributed by atoms with Crippen molar-refractivity contribution in [2.45, 2.75) is 31.3 Å². The third-order valence-electron chi connectivity index (χ3n) is 5.40. The first-order valence-corrected chi connectivity index (χ1v) is 11.3. The van der Waals surface area contributed by atoms with Gasteiger partial charge in [0.25, 0.3) is 5.56 Å². The van der Waals surface area contributed by atoms with Crippen LogP contribution in [0.15, 0.2) is 58.2 Å². The zero-order valence-corrected chi connectivity index (χ0v) is 18.6. The number of anilines is 1. The molecule has 0 radical (unpaired) electrons. The molecule has 4 aromatic rings. The number of hydrogen-bond acceptors (Lipinski definition) is 6. The van der Waals surface area contributed by atoms with Crippen LogP contribution in [0.25, 0.3) is 16.7 Å². The molecule has 10 heteroatoms. The quantitative estimate of drug-likeness (QED) is 0.493. The smallest absolute Gasteiger partial charge is 0.262 e. The predicted octanol–water partition coefficient (Wildman–Crippen LogP) is 2.22. The maximum Gasteiger partial charge on any atom is 0.262 e. The van der Waals surface area contributed by atoms with Crippen molar-refractivity contribution in [3.05, 3.63) is 64.7 Å². The Kier molecular flexibility index (Phi) is 5.28. The SMILES string of the molecule is CC(C)N(C)S(=O)(=O)c1ccc(NCc2nnc3n(C)c(=O)c4ccccc4n23)cc1. The summed E-state index contributed by atoms with van der Waals surface area (Å²) in [4.78, 5) is 12.8. The molecule has 0 fully saturated rings. The number of hydrogen-bond donors (Lipinski definition) is 1. The molecule has 2 aromatic heterocycles. The Labute approximate surface area is 180 Å². The van der Waals surface area contributed by atoms with Crippen LogP contribution in [-0.2, 0) is 23.6 Å². The predicted molar refractivity (Wildman–Crippen MR) is 120 cm³/mol. The van der Waals surface area contributed by atoms with Crippen LogP contribution in [0.2, 0.25) is 0 Å². The summed E-state index contributed by atoms with van der Waals surface area (Å²) in [6.07, 6.45) is 0. The van der Waals surface area contributed by atoms with Gasteiger partial charge in [-0.05, 0) is 50.2 Å². The van der Waals surface area contributed by atoms with E-state index in [0.717, 1.165) is 11.2 Å². The molecule has 0 atom stereocenters. The average molecular weight is 441 g/mol. The molecule has 1 N–H and O–H groups in total. The summed E-state index contributed by atoms with van der Waals surface area (Å²) in [5, 5.41) is 12.3. The van der Waals surface area contributed by atoms with E-state index in [9.17, 15) is 13.2 Å². The lowest BCUT2D eigenvalue weighted by Gasteiger charge is -2.21. The third-order valence-corrected chi connectivity index (χ3v) is 7.45. The van der Waals surface area contributed by atoms with Gasteiger partial charge >= 0.3 is 0 Å². The molecule has 0 spiro atoms. The summed E-state index contributed by atoms with van der Waals surface area (Å²) < 4.78 is 29.9. The van der Waals surface area contributed by atoms with Crippen molar-refractivity contribution in [3.63, 3.8) is 0 Å². The summed E-state index contributed by atoms with van der Waals surface area (Å²) in [5.74, 6) is 1.09. The lowest BCUT2D eigenvalue weighted by Crippen LogP contribution is -2.33. The van der Waals surface area contributed by atoms with Gasteiger partial charge in [0.1, 0.15) is 0 Å². The first-order valence-electron chi connectivity index (χ1n) is 9.85. The van der Waals surface area contributed by atoms with Gasteiger partial charge in [0.05, 0.1) is 22.3 Å². The summed E-state index contributed by atoms with van der Waals surface area (Å²) in [6.45, 7) is 4.01. The summed E-state index contributed by atoms with van der Waals surface area (Å²) in [7, 11) is -0.289. The Morgan fingerprint density at radius 1 is 1.06 bits per heavy atom. The first kappa shape index (κ1) is 21.0. The fraction of sp³-hybridized carbons (Fsp3) is 0.286. The Bertz CT molecular complexity index is 1420. The van der Waals surface area contributed by atoms with Gasteiger partial charge in [0.2, 0.25) is 15.8 Å². The van der Waals surface area contributed by atoms with Crippen LogP contribution in [0.4, 0.5) is 5.69 Å². The van der Waals surface area contributed by atoms with Gasteiger partial charge in [-0.2, -0.15) is 4.31 Å². The number of aryl methyl sites for hydroxylation is 1. The van der Waals surface area contributed by atoms with Gasteiger partial charge in [0.15, 0.2) is 5.82 Å². The lowest BCUT2D eigenvalue weighted by molar-refractivity contribution is 0.410. The molecule has 0 saturated heterocycles. The van der Waals surface area contributed by atoms with Gasteiger partial charge in [-0.1, -0.05) is 12.1 Å². The van der Waals surface area contributed by atoms with Crippen molar-refractivity contribution in [3.8, 4) is 0 Å². The normalized spacial score (nSPS) is 12.3. The van der Waals surface area contributed by atoms with E-state index in [1.165, 1.54) is 8.87 Å². The van der Waals surface area contributed by atoms with E-state index in [1.54, 1.807) is 44.4 Å². The Morgan fingerprint density at radius 3 is 2.42 bits per heavy atom. The van der Waals surface area contributed by atoms with Gasteiger partial charge in [-0.15, -0.1) is 10.2 Å². The zero-order chi connectivity index (χ0) is 22.3. The minimum atomic E-state index is -3.53. The molecular weight excluding hydrogens is 416 g/mol. The molecule has 4 rings (SSSR count). The van der Waals surface area contributed by atoms with Gasteiger partial charge in [-0.25, -0.2) is 8.42 Å². The van der Waals surface area contributed by atoms with Crippen LogP contribution < -0.4 is 10.9 Å². The van der Waals surface area contributed by atoms with E-state index in [1.807, 2.05) is 36.4 Å². The van der Waals surface area contributed by atoms with Gasteiger partial charge in [-0.3, -0.25) is 13.8 Å². The van der Waals surface area contributed by atoms with E-state index in [-0.39, 0.29) is 16.5 Å². The fourth-order valence-electron chi connectivity index (χ4n) is 3.38. The van der Waals surface area contributed by atoms with E-state index >= 15 is 0 Å². The first-order chi connectivity index (χ1) is 14.7. The maximum absolute atomic E-state index is 12.6. The summed E-state index contributed by atoms with van der Waals surface area (Å²) >= 11 is 0. The van der Waals surface area contributed by atoms with Crippen molar-refractivity contribution in [2.24, 2.45) is 7.05 Å². The number of benzene rings is 2.